The van der Waals surface area contributed by atoms with E-state index in [2.05, 4.69) is 0 Å². The molecule has 0 amide bonds. The zero-order valence-electron chi connectivity index (χ0n) is 7.30. The molecule has 68 valence electrons. The molecular formula is C9H13ClOS. The van der Waals surface area contributed by atoms with Gasteiger partial charge in [-0.15, -0.1) is 11.3 Å². The fourth-order valence-electron chi connectivity index (χ4n) is 0.942. The normalized spacial score (nSPS) is 12.0. The van der Waals surface area contributed by atoms with Crippen molar-refractivity contribution in [2.75, 3.05) is 6.61 Å². The predicted octanol–water partition coefficient (Wildman–Crippen LogP) is 2.96. The van der Waals surface area contributed by atoms with Crippen LogP contribution in [0, 0.1) is 5.41 Å². The van der Waals surface area contributed by atoms with Crippen molar-refractivity contribution in [2.45, 2.75) is 20.3 Å². The van der Waals surface area contributed by atoms with Crippen LogP contribution >= 0.6 is 22.9 Å². The lowest BCUT2D eigenvalue weighted by molar-refractivity contribution is 0.160. The minimum atomic E-state index is -0.0610. The smallest absolute Gasteiger partial charge is 0.0545 e. The molecule has 0 atom stereocenters. The summed E-state index contributed by atoms with van der Waals surface area (Å²) >= 11 is 7.58. The summed E-state index contributed by atoms with van der Waals surface area (Å²) in [4.78, 5) is 1.16. The summed E-state index contributed by atoms with van der Waals surface area (Å²) < 4.78 is 0. The predicted molar refractivity (Wildman–Crippen MR) is 53.9 cm³/mol. The third kappa shape index (κ3) is 2.47. The lowest BCUT2D eigenvalue weighted by atomic mass is 9.90. The van der Waals surface area contributed by atoms with Crippen molar-refractivity contribution in [3.05, 3.63) is 21.3 Å². The monoisotopic (exact) mass is 204 g/mol. The van der Waals surface area contributed by atoms with Gasteiger partial charge in [-0.1, -0.05) is 25.4 Å². The molecule has 0 spiro atoms. The van der Waals surface area contributed by atoms with E-state index in [4.69, 9.17) is 16.7 Å². The standard InChI is InChI=1S/C9H13ClOS/c1-9(2,6-11)5-8-7(10)3-4-12-8/h3-4,11H,5-6H2,1-2H3. The fraction of sp³-hybridized carbons (Fsp3) is 0.556. The number of hydrogen-bond donors (Lipinski definition) is 1. The third-order valence-corrected chi connectivity index (χ3v) is 3.15. The van der Waals surface area contributed by atoms with Crippen molar-refractivity contribution in [1.82, 2.24) is 0 Å². The molecule has 1 heterocycles. The summed E-state index contributed by atoms with van der Waals surface area (Å²) in [5.74, 6) is 0. The lowest BCUT2D eigenvalue weighted by Gasteiger charge is -2.20. The molecule has 1 rings (SSSR count). The van der Waals surface area contributed by atoms with Crippen LogP contribution in [-0.2, 0) is 6.42 Å². The molecule has 0 unspecified atom stereocenters. The first-order valence-corrected chi connectivity index (χ1v) is 5.14. The van der Waals surface area contributed by atoms with Crippen molar-refractivity contribution < 1.29 is 5.11 Å². The van der Waals surface area contributed by atoms with Gasteiger partial charge in [-0.05, 0) is 23.3 Å². The van der Waals surface area contributed by atoms with Crippen molar-refractivity contribution in [3.63, 3.8) is 0 Å². The Morgan fingerprint density at radius 1 is 1.58 bits per heavy atom. The topological polar surface area (TPSA) is 20.2 Å². The minimum absolute atomic E-state index is 0.0610. The summed E-state index contributed by atoms with van der Waals surface area (Å²) in [6.45, 7) is 4.26. The average Bonchev–Trinajstić information content (AvgIpc) is 2.36. The first-order chi connectivity index (χ1) is 5.55. The quantitative estimate of drug-likeness (QED) is 0.803. The summed E-state index contributed by atoms with van der Waals surface area (Å²) in [5.41, 5.74) is -0.0610. The van der Waals surface area contributed by atoms with Gasteiger partial charge in [-0.3, -0.25) is 0 Å². The van der Waals surface area contributed by atoms with Crippen molar-refractivity contribution in [1.29, 1.82) is 0 Å². The summed E-state index contributed by atoms with van der Waals surface area (Å²) in [5, 5.41) is 11.8. The Labute approximate surface area is 82.0 Å². The van der Waals surface area contributed by atoms with Crippen LogP contribution in [0.3, 0.4) is 0 Å². The molecule has 0 aliphatic heterocycles. The minimum Gasteiger partial charge on any atom is -0.396 e. The van der Waals surface area contributed by atoms with Gasteiger partial charge in [0.1, 0.15) is 0 Å². The molecule has 0 aliphatic carbocycles. The van der Waals surface area contributed by atoms with Gasteiger partial charge in [0.15, 0.2) is 0 Å². The molecule has 3 heteroatoms. The molecule has 0 saturated carbocycles. The highest BCUT2D eigenvalue weighted by molar-refractivity contribution is 7.10. The van der Waals surface area contributed by atoms with E-state index in [0.717, 1.165) is 16.3 Å². The molecule has 12 heavy (non-hydrogen) atoms. The fourth-order valence-corrected chi connectivity index (χ4v) is 2.30. The molecular weight excluding hydrogens is 192 g/mol. The van der Waals surface area contributed by atoms with Crippen LogP contribution < -0.4 is 0 Å². The molecule has 0 aliphatic rings. The van der Waals surface area contributed by atoms with Crippen LogP contribution in [0.15, 0.2) is 11.4 Å². The highest BCUT2D eigenvalue weighted by Gasteiger charge is 2.19. The lowest BCUT2D eigenvalue weighted by Crippen LogP contribution is -2.19. The molecule has 1 nitrogen and oxygen atoms in total. The van der Waals surface area contributed by atoms with E-state index in [1.165, 1.54) is 0 Å². The number of aliphatic hydroxyl groups excluding tert-OH is 1. The van der Waals surface area contributed by atoms with Crippen LogP contribution in [0.4, 0.5) is 0 Å². The van der Waals surface area contributed by atoms with E-state index in [0.29, 0.717) is 0 Å². The van der Waals surface area contributed by atoms with Gasteiger partial charge >= 0.3 is 0 Å². The van der Waals surface area contributed by atoms with Crippen LogP contribution in [-0.4, -0.2) is 11.7 Å². The van der Waals surface area contributed by atoms with E-state index in [1.807, 2.05) is 25.3 Å². The van der Waals surface area contributed by atoms with Crippen molar-refractivity contribution in [3.8, 4) is 0 Å². The summed E-state index contributed by atoms with van der Waals surface area (Å²) in [7, 11) is 0. The number of rotatable bonds is 3. The molecule has 0 bridgehead atoms. The summed E-state index contributed by atoms with van der Waals surface area (Å²) in [6, 6.07) is 1.90. The zero-order valence-corrected chi connectivity index (χ0v) is 8.87. The number of halogens is 1. The molecule has 0 radical (unpaired) electrons. The third-order valence-electron chi connectivity index (χ3n) is 1.76. The van der Waals surface area contributed by atoms with Crippen LogP contribution in [0.1, 0.15) is 18.7 Å². The number of thiophene rings is 1. The van der Waals surface area contributed by atoms with E-state index in [1.54, 1.807) is 11.3 Å². The summed E-state index contributed by atoms with van der Waals surface area (Å²) in [6.07, 6.45) is 0.847. The maximum absolute atomic E-state index is 9.05. The van der Waals surface area contributed by atoms with Gasteiger partial charge in [-0.25, -0.2) is 0 Å². The zero-order chi connectivity index (χ0) is 9.19. The second kappa shape index (κ2) is 3.77. The molecule has 0 fully saturated rings. The second-order valence-corrected chi connectivity index (χ2v) is 5.10. The Bertz CT molecular complexity index is 255. The molecule has 1 aromatic heterocycles. The largest absolute Gasteiger partial charge is 0.396 e. The van der Waals surface area contributed by atoms with Crippen LogP contribution in [0.2, 0.25) is 5.02 Å². The molecule has 1 N–H and O–H groups in total. The van der Waals surface area contributed by atoms with E-state index in [-0.39, 0.29) is 12.0 Å². The Morgan fingerprint density at radius 2 is 2.25 bits per heavy atom. The second-order valence-electron chi connectivity index (χ2n) is 3.69. The Hall–Kier alpha value is -0.0500. The first kappa shape index (κ1) is 10.0. The van der Waals surface area contributed by atoms with E-state index < -0.39 is 0 Å². The number of hydrogen-bond acceptors (Lipinski definition) is 2. The van der Waals surface area contributed by atoms with Gasteiger partial charge in [0.25, 0.3) is 0 Å². The van der Waals surface area contributed by atoms with Gasteiger partial charge in [0.2, 0.25) is 0 Å². The maximum atomic E-state index is 9.05. The van der Waals surface area contributed by atoms with Gasteiger partial charge < -0.3 is 5.11 Å². The van der Waals surface area contributed by atoms with Gasteiger partial charge in [0.05, 0.1) is 5.02 Å². The van der Waals surface area contributed by atoms with E-state index >= 15 is 0 Å². The van der Waals surface area contributed by atoms with Crippen molar-refractivity contribution in [2.24, 2.45) is 5.41 Å². The van der Waals surface area contributed by atoms with Gasteiger partial charge in [-0.2, -0.15) is 0 Å². The SMILES string of the molecule is CC(C)(CO)Cc1sccc1Cl. The Kier molecular flexibility index (Phi) is 3.16. The van der Waals surface area contributed by atoms with Crippen LogP contribution in [0.25, 0.3) is 0 Å². The van der Waals surface area contributed by atoms with Gasteiger partial charge in [0, 0.05) is 11.5 Å². The Balaban J connectivity index is 2.70. The average molecular weight is 205 g/mol. The van der Waals surface area contributed by atoms with Crippen molar-refractivity contribution >= 4 is 22.9 Å². The molecule has 1 aromatic rings. The van der Waals surface area contributed by atoms with Crippen LogP contribution in [0.5, 0.6) is 0 Å². The highest BCUT2D eigenvalue weighted by atomic mass is 35.5. The van der Waals surface area contributed by atoms with E-state index in [9.17, 15) is 0 Å². The Morgan fingerprint density at radius 3 is 2.67 bits per heavy atom. The first-order valence-electron chi connectivity index (χ1n) is 3.88. The molecule has 0 aromatic carbocycles. The highest BCUT2D eigenvalue weighted by Crippen LogP contribution is 2.29. The number of aliphatic hydroxyl groups is 1. The molecule has 0 saturated heterocycles. The maximum Gasteiger partial charge on any atom is 0.0545 e.